The minimum absolute atomic E-state index is 0.124. The SMILES string of the molecule is O=C(OC1(OCc2ccccc2)O[C@H](CO)[C@@H](O)[C@H](O)[C@H]1O)c1ccccc1. The smallest absolute Gasteiger partial charge is 0.360 e. The maximum Gasteiger partial charge on any atom is 0.360 e. The van der Waals surface area contributed by atoms with Gasteiger partial charge in [0.05, 0.1) is 18.8 Å². The second-order valence-corrected chi connectivity index (χ2v) is 6.40. The van der Waals surface area contributed by atoms with Gasteiger partial charge in [-0.25, -0.2) is 4.79 Å². The Labute approximate surface area is 161 Å². The van der Waals surface area contributed by atoms with Crippen LogP contribution in [0.15, 0.2) is 60.7 Å². The van der Waals surface area contributed by atoms with Crippen LogP contribution in [0.25, 0.3) is 0 Å². The Morgan fingerprint density at radius 1 is 0.964 bits per heavy atom. The Morgan fingerprint density at radius 2 is 1.57 bits per heavy atom. The molecule has 1 aliphatic rings. The highest BCUT2D eigenvalue weighted by Gasteiger charge is 2.58. The zero-order valence-electron chi connectivity index (χ0n) is 14.9. The van der Waals surface area contributed by atoms with Crippen molar-refractivity contribution < 1.29 is 39.4 Å². The molecule has 1 saturated heterocycles. The number of carbonyl (C=O) groups is 1. The number of rotatable bonds is 6. The van der Waals surface area contributed by atoms with Gasteiger partial charge in [-0.15, -0.1) is 0 Å². The largest absolute Gasteiger partial charge is 0.402 e. The normalized spacial score (nSPS) is 30.0. The molecule has 2 aromatic rings. The predicted molar refractivity (Wildman–Crippen MR) is 95.8 cm³/mol. The lowest BCUT2D eigenvalue weighted by molar-refractivity contribution is -0.447. The van der Waals surface area contributed by atoms with E-state index in [1.165, 1.54) is 12.1 Å². The second-order valence-electron chi connectivity index (χ2n) is 6.40. The van der Waals surface area contributed by atoms with Gasteiger partial charge < -0.3 is 34.6 Å². The monoisotopic (exact) mass is 390 g/mol. The first-order valence-electron chi connectivity index (χ1n) is 8.76. The predicted octanol–water partition coefficient (Wildman–Crippen LogP) is 0.188. The van der Waals surface area contributed by atoms with Crippen LogP contribution in [-0.2, 0) is 20.8 Å². The maximum absolute atomic E-state index is 12.6. The lowest BCUT2D eigenvalue weighted by atomic mass is 9.97. The zero-order valence-corrected chi connectivity index (χ0v) is 14.9. The molecule has 150 valence electrons. The molecule has 1 unspecified atom stereocenters. The lowest BCUT2D eigenvalue weighted by Gasteiger charge is -2.46. The number of benzene rings is 2. The van der Waals surface area contributed by atoms with Gasteiger partial charge in [0.15, 0.2) is 6.10 Å². The fraction of sp³-hybridized carbons (Fsp3) is 0.350. The number of hydrogen-bond acceptors (Lipinski definition) is 8. The molecule has 0 radical (unpaired) electrons. The summed E-state index contributed by atoms with van der Waals surface area (Å²) < 4.78 is 16.4. The fourth-order valence-corrected chi connectivity index (χ4v) is 2.87. The third-order valence-electron chi connectivity index (χ3n) is 4.44. The number of ether oxygens (including phenoxy) is 3. The van der Waals surface area contributed by atoms with Crippen molar-refractivity contribution in [2.45, 2.75) is 37.0 Å². The van der Waals surface area contributed by atoms with Crippen LogP contribution in [0, 0.1) is 0 Å². The van der Waals surface area contributed by atoms with Crippen molar-refractivity contribution in [1.82, 2.24) is 0 Å². The van der Waals surface area contributed by atoms with Gasteiger partial charge in [-0.2, -0.15) is 0 Å². The van der Waals surface area contributed by atoms with Gasteiger partial charge in [-0.3, -0.25) is 0 Å². The van der Waals surface area contributed by atoms with Crippen molar-refractivity contribution in [3.05, 3.63) is 71.8 Å². The number of aliphatic hydroxyl groups is 4. The third kappa shape index (κ3) is 4.22. The molecular formula is C20H22O8. The maximum atomic E-state index is 12.6. The van der Waals surface area contributed by atoms with Gasteiger partial charge in [-0.05, 0) is 17.7 Å². The van der Waals surface area contributed by atoms with Crippen molar-refractivity contribution in [2.24, 2.45) is 0 Å². The summed E-state index contributed by atoms with van der Waals surface area (Å²) in [5, 5.41) is 40.2. The first-order chi connectivity index (χ1) is 13.5. The Hall–Kier alpha value is -2.33. The average Bonchev–Trinajstić information content (AvgIpc) is 2.74. The van der Waals surface area contributed by atoms with Crippen LogP contribution in [0.1, 0.15) is 15.9 Å². The third-order valence-corrected chi connectivity index (χ3v) is 4.44. The van der Waals surface area contributed by atoms with Crippen molar-refractivity contribution in [3.63, 3.8) is 0 Å². The number of esters is 1. The van der Waals surface area contributed by atoms with E-state index in [-0.39, 0.29) is 12.2 Å². The van der Waals surface area contributed by atoms with Crippen molar-refractivity contribution in [3.8, 4) is 0 Å². The van der Waals surface area contributed by atoms with E-state index >= 15 is 0 Å². The molecule has 3 rings (SSSR count). The van der Waals surface area contributed by atoms with E-state index in [9.17, 15) is 25.2 Å². The van der Waals surface area contributed by atoms with Gasteiger partial charge in [0.2, 0.25) is 0 Å². The molecule has 1 fully saturated rings. The van der Waals surface area contributed by atoms with Crippen molar-refractivity contribution >= 4 is 5.97 Å². The molecule has 1 heterocycles. The van der Waals surface area contributed by atoms with Gasteiger partial charge in [0.1, 0.15) is 18.3 Å². The molecule has 8 nitrogen and oxygen atoms in total. The molecule has 5 atom stereocenters. The van der Waals surface area contributed by atoms with Crippen LogP contribution >= 0.6 is 0 Å². The molecule has 0 aromatic heterocycles. The van der Waals surface area contributed by atoms with Crippen LogP contribution in [0.2, 0.25) is 0 Å². The van der Waals surface area contributed by atoms with E-state index in [1.54, 1.807) is 42.5 Å². The number of carbonyl (C=O) groups excluding carboxylic acids is 1. The Balaban J connectivity index is 1.89. The van der Waals surface area contributed by atoms with E-state index in [4.69, 9.17) is 14.2 Å². The highest BCUT2D eigenvalue weighted by atomic mass is 16.9. The number of aliphatic hydroxyl groups excluding tert-OH is 4. The standard InChI is InChI=1S/C20H22O8/c21-11-15-16(22)17(23)18(24)20(27-15,26-12-13-7-3-1-4-8-13)28-19(25)14-9-5-2-6-10-14/h1-10,15-18,21-24H,11-12H2/t15-,16-,17+,18-,20?/m1/s1. The van der Waals surface area contributed by atoms with Crippen molar-refractivity contribution in [1.29, 1.82) is 0 Å². The van der Waals surface area contributed by atoms with E-state index in [0.717, 1.165) is 0 Å². The van der Waals surface area contributed by atoms with Crippen molar-refractivity contribution in [2.75, 3.05) is 6.61 Å². The van der Waals surface area contributed by atoms with Crippen LogP contribution in [0.4, 0.5) is 0 Å². The summed E-state index contributed by atoms with van der Waals surface area (Å²) in [5.41, 5.74) is 0.858. The van der Waals surface area contributed by atoms with Gasteiger partial charge in [0, 0.05) is 0 Å². The van der Waals surface area contributed by atoms with Gasteiger partial charge in [0.25, 0.3) is 0 Å². The second kappa shape index (κ2) is 8.78. The molecule has 0 aliphatic carbocycles. The summed E-state index contributed by atoms with van der Waals surface area (Å²) in [5.74, 6) is -3.29. The molecule has 1 aliphatic heterocycles. The lowest BCUT2D eigenvalue weighted by Crippen LogP contribution is -2.67. The highest BCUT2D eigenvalue weighted by molar-refractivity contribution is 5.89. The first kappa shape index (κ1) is 20.4. The van der Waals surface area contributed by atoms with E-state index in [0.29, 0.717) is 5.56 Å². The minimum Gasteiger partial charge on any atom is -0.402 e. The molecule has 0 bridgehead atoms. The topological polar surface area (TPSA) is 126 Å². The Bertz CT molecular complexity index is 766. The quantitative estimate of drug-likeness (QED) is 0.407. The minimum atomic E-state index is -2.42. The van der Waals surface area contributed by atoms with Crippen LogP contribution in [-0.4, -0.2) is 63.4 Å². The fourth-order valence-electron chi connectivity index (χ4n) is 2.87. The Kier molecular flexibility index (Phi) is 6.40. The highest BCUT2D eigenvalue weighted by Crippen LogP contribution is 2.34. The first-order valence-corrected chi connectivity index (χ1v) is 8.76. The number of hydrogen-bond donors (Lipinski definition) is 4. The summed E-state index contributed by atoms with van der Waals surface area (Å²) in [4.78, 5) is 12.6. The molecular weight excluding hydrogens is 368 g/mol. The van der Waals surface area contributed by atoms with Gasteiger partial charge in [-0.1, -0.05) is 48.5 Å². The summed E-state index contributed by atoms with van der Waals surface area (Å²) in [6.45, 7) is -0.814. The van der Waals surface area contributed by atoms with Crippen LogP contribution in [0.3, 0.4) is 0 Å². The van der Waals surface area contributed by atoms with Crippen LogP contribution in [0.5, 0.6) is 0 Å². The summed E-state index contributed by atoms with van der Waals surface area (Å²) in [6, 6.07) is 16.8. The average molecular weight is 390 g/mol. The van der Waals surface area contributed by atoms with E-state index < -0.39 is 43.0 Å². The molecule has 28 heavy (non-hydrogen) atoms. The summed E-state index contributed by atoms with van der Waals surface area (Å²) in [6.07, 6.45) is -6.62. The molecule has 2 aromatic carbocycles. The molecule has 0 saturated carbocycles. The molecule has 8 heteroatoms. The van der Waals surface area contributed by atoms with Gasteiger partial charge >= 0.3 is 11.9 Å². The molecule has 0 spiro atoms. The van der Waals surface area contributed by atoms with E-state index in [2.05, 4.69) is 0 Å². The van der Waals surface area contributed by atoms with E-state index in [1.807, 2.05) is 6.07 Å². The molecule has 0 amide bonds. The summed E-state index contributed by atoms with van der Waals surface area (Å²) in [7, 11) is 0. The summed E-state index contributed by atoms with van der Waals surface area (Å²) >= 11 is 0. The van der Waals surface area contributed by atoms with Crippen LogP contribution < -0.4 is 0 Å². The Morgan fingerprint density at radius 3 is 2.18 bits per heavy atom. The zero-order chi connectivity index (χ0) is 20.1. The molecule has 4 N–H and O–H groups in total.